The molecule has 0 fully saturated rings. The third kappa shape index (κ3) is 16.1. The van der Waals surface area contributed by atoms with Crippen molar-refractivity contribution in [2.24, 2.45) is 0 Å². The highest BCUT2D eigenvalue weighted by Gasteiger charge is 2.21. The second-order valence-electron chi connectivity index (χ2n) is 23.9. The van der Waals surface area contributed by atoms with Gasteiger partial charge in [0.15, 0.2) is 0 Å². The lowest BCUT2D eigenvalue weighted by atomic mass is 10.0. The summed E-state index contributed by atoms with van der Waals surface area (Å²) in [5, 5.41) is 6.89. The molecule has 86 heavy (non-hydrogen) atoms. The van der Waals surface area contributed by atoms with Crippen molar-refractivity contribution in [3.8, 4) is 79.4 Å². The zero-order chi connectivity index (χ0) is 58.9. The second kappa shape index (κ2) is 32.4. The Kier molecular flexibility index (Phi) is 23.8. The molecule has 1 aromatic carbocycles. The number of unbranched alkanes of at least 4 members (excludes halogenated alkanes) is 20. The topological polar surface area (TPSA) is 25.8 Å². The van der Waals surface area contributed by atoms with E-state index in [4.69, 9.17) is 9.97 Å². The van der Waals surface area contributed by atoms with E-state index in [1.165, 1.54) is 269 Å². The summed E-state index contributed by atoms with van der Waals surface area (Å²) in [7, 11) is 0. The quantitative estimate of drug-likeness (QED) is 0.0289. The summed E-state index contributed by atoms with van der Waals surface area (Å²) < 4.78 is 0. The van der Waals surface area contributed by atoms with Crippen LogP contribution in [-0.4, -0.2) is 9.97 Å². The van der Waals surface area contributed by atoms with Crippen molar-refractivity contribution in [1.29, 1.82) is 0 Å². The minimum absolute atomic E-state index is 0.976. The van der Waals surface area contributed by atoms with E-state index in [0.29, 0.717) is 0 Å². The summed E-state index contributed by atoms with van der Waals surface area (Å²) in [4.78, 5) is 30.0. The van der Waals surface area contributed by atoms with E-state index < -0.39 is 0 Å². The fourth-order valence-corrected chi connectivity index (χ4v) is 21.4. The van der Waals surface area contributed by atoms with Crippen LogP contribution in [0.5, 0.6) is 0 Å². The number of aryl methyl sites for hydroxylation is 4. The predicted molar refractivity (Wildman–Crippen MR) is 392 cm³/mol. The fraction of sp³-hybridized carbons (Fsp3) is 0.421. The molecule has 0 bridgehead atoms. The first-order valence-electron chi connectivity index (χ1n) is 33.0. The summed E-state index contributed by atoms with van der Waals surface area (Å²) in [5.74, 6) is 0. The molecule has 10 heteroatoms. The predicted octanol–water partition coefficient (Wildman–Crippen LogP) is 28.2. The Morgan fingerprint density at radius 1 is 0.267 bits per heavy atom. The van der Waals surface area contributed by atoms with Gasteiger partial charge in [0.2, 0.25) is 0 Å². The Morgan fingerprint density at radius 3 is 0.919 bits per heavy atom. The number of fused-ring (bicyclic) bond motifs is 3. The monoisotopic (exact) mass is 1280 g/mol. The molecule has 2 nitrogen and oxygen atoms in total. The largest absolute Gasteiger partial charge is 0.253 e. The molecule has 10 heterocycles. The molecule has 0 atom stereocenters. The van der Waals surface area contributed by atoms with Crippen molar-refractivity contribution in [1.82, 2.24) is 9.97 Å². The van der Waals surface area contributed by atoms with Crippen molar-refractivity contribution in [2.45, 2.75) is 207 Å². The van der Waals surface area contributed by atoms with Crippen LogP contribution < -0.4 is 0 Å². The molecular formula is C76H88N2S8. The number of hydrogen-bond acceptors (Lipinski definition) is 10. The van der Waals surface area contributed by atoms with E-state index in [2.05, 4.69) is 148 Å². The summed E-state index contributed by atoms with van der Waals surface area (Å²) >= 11 is 15.6. The fourth-order valence-electron chi connectivity index (χ4n) is 12.2. The van der Waals surface area contributed by atoms with E-state index in [1.807, 2.05) is 90.7 Å². The number of rotatable bonds is 36. The van der Waals surface area contributed by atoms with Gasteiger partial charge in [0.05, 0.1) is 11.0 Å². The molecular weight excluding hydrogens is 1200 g/mol. The zero-order valence-electron chi connectivity index (χ0n) is 51.5. The lowest BCUT2D eigenvalue weighted by Crippen LogP contribution is -1.88. The van der Waals surface area contributed by atoms with Crippen molar-refractivity contribution >= 4 is 113 Å². The zero-order valence-corrected chi connectivity index (χ0v) is 58.0. The number of thiophene rings is 8. The van der Waals surface area contributed by atoms with Crippen LogP contribution in [0.1, 0.15) is 204 Å². The number of aromatic nitrogens is 2. The molecule has 0 N–H and O–H groups in total. The first kappa shape index (κ1) is 63.2. The third-order valence-corrected chi connectivity index (χ3v) is 27.0. The van der Waals surface area contributed by atoms with E-state index in [9.17, 15) is 0 Å². The standard InChI is InChI=1S/C76H88N2S8/c1-5-9-13-17-21-25-29-53-43-45-79-73(53)65-39-35-61(81-65)63-37-41-67(83-63)75-57(31-27-23-19-15-11-7-3)49-69(85-75)59-47-55-33-34-56-48-60(52-78-72(56)71(55)77-51-59)70-50-58(32-28-24-20-16-12-8-4)76(86-70)68-42-38-64(84-68)62-36-40-66(82-62)74-54(44-46-80-74)30-26-22-18-14-10-6-2/h33-52H,5-32H2,1-4H3. The molecule has 0 spiro atoms. The summed E-state index contributed by atoms with van der Waals surface area (Å²) in [6, 6.07) is 38.0. The van der Waals surface area contributed by atoms with Crippen molar-refractivity contribution in [3.63, 3.8) is 0 Å². The average Bonchev–Trinajstić information content (AvgIpc) is 4.22. The van der Waals surface area contributed by atoms with Gasteiger partial charge in [-0.1, -0.05) is 168 Å². The van der Waals surface area contributed by atoms with Gasteiger partial charge in [-0.05, 0) is 169 Å². The van der Waals surface area contributed by atoms with Crippen LogP contribution >= 0.6 is 90.7 Å². The highest BCUT2D eigenvalue weighted by molar-refractivity contribution is 7.30. The van der Waals surface area contributed by atoms with Crippen LogP contribution in [0.15, 0.2) is 120 Å². The van der Waals surface area contributed by atoms with Gasteiger partial charge in [-0.2, -0.15) is 0 Å². The van der Waals surface area contributed by atoms with Crippen molar-refractivity contribution < 1.29 is 0 Å². The van der Waals surface area contributed by atoms with Gasteiger partial charge >= 0.3 is 0 Å². The van der Waals surface area contributed by atoms with Gasteiger partial charge in [0.25, 0.3) is 0 Å². The van der Waals surface area contributed by atoms with Gasteiger partial charge in [0.1, 0.15) is 0 Å². The third-order valence-electron chi connectivity index (χ3n) is 17.2. The minimum Gasteiger partial charge on any atom is -0.253 e. The van der Waals surface area contributed by atoms with Crippen LogP contribution in [-0.2, 0) is 25.7 Å². The van der Waals surface area contributed by atoms with Gasteiger partial charge in [0, 0.05) is 103 Å². The molecule has 0 unspecified atom stereocenters. The molecule has 10 aromatic heterocycles. The number of pyridine rings is 2. The van der Waals surface area contributed by atoms with Crippen LogP contribution in [0.2, 0.25) is 0 Å². The van der Waals surface area contributed by atoms with Crippen LogP contribution in [0.25, 0.3) is 101 Å². The molecule has 0 aliphatic rings. The first-order chi connectivity index (χ1) is 42.5. The maximum atomic E-state index is 5.25. The van der Waals surface area contributed by atoms with Gasteiger partial charge < -0.3 is 0 Å². The smallest absolute Gasteiger partial charge is 0.0965 e. The van der Waals surface area contributed by atoms with Crippen molar-refractivity contribution in [3.05, 3.63) is 142 Å². The van der Waals surface area contributed by atoms with E-state index in [1.54, 1.807) is 0 Å². The SMILES string of the molecule is CCCCCCCCc1ccsc1-c1ccc(-c2ccc(-c3sc(-c4cnc5c(ccc6cc(-c7cc(CCCCCCCC)c(-c8ccc(-c9ccc(-c%10sccc%10CCCCCCCC)s9)s8)s7)cnc65)c4)cc3CCCCCCCC)s2)s1. The summed E-state index contributed by atoms with van der Waals surface area (Å²) in [6.07, 6.45) is 40.5. The molecule has 450 valence electrons. The van der Waals surface area contributed by atoms with E-state index >= 15 is 0 Å². The van der Waals surface area contributed by atoms with Gasteiger partial charge in [-0.15, -0.1) is 90.7 Å². The van der Waals surface area contributed by atoms with Gasteiger partial charge in [-0.3, -0.25) is 9.97 Å². The molecule has 11 aromatic rings. The summed E-state index contributed by atoms with van der Waals surface area (Å²) in [6.45, 7) is 9.22. The number of benzene rings is 1. The lowest BCUT2D eigenvalue weighted by Gasteiger charge is -2.06. The molecule has 0 saturated heterocycles. The molecule has 0 aliphatic heterocycles. The minimum atomic E-state index is 0.976. The Balaban J connectivity index is 0.816. The maximum Gasteiger partial charge on any atom is 0.0965 e. The van der Waals surface area contributed by atoms with E-state index in [0.717, 1.165) is 34.6 Å². The molecule has 0 amide bonds. The Bertz CT molecular complexity index is 3590. The van der Waals surface area contributed by atoms with Crippen LogP contribution in [0.3, 0.4) is 0 Å². The molecule has 11 rings (SSSR count). The Labute approximate surface area is 546 Å². The van der Waals surface area contributed by atoms with Gasteiger partial charge in [-0.25, -0.2) is 0 Å². The number of hydrogen-bond donors (Lipinski definition) is 0. The Hall–Kier alpha value is -4.36. The maximum absolute atomic E-state index is 5.25. The molecule has 0 saturated carbocycles. The van der Waals surface area contributed by atoms with Crippen molar-refractivity contribution in [2.75, 3.05) is 0 Å². The average molecular weight is 1290 g/mol. The first-order valence-corrected chi connectivity index (χ1v) is 39.6. The lowest BCUT2D eigenvalue weighted by molar-refractivity contribution is 0.608. The second-order valence-corrected chi connectivity index (χ2v) is 32.1. The molecule has 0 aliphatic carbocycles. The highest BCUT2D eigenvalue weighted by Crippen LogP contribution is 2.49. The van der Waals surface area contributed by atoms with Crippen LogP contribution in [0.4, 0.5) is 0 Å². The number of nitrogens with zero attached hydrogens (tertiary/aromatic N) is 2. The Morgan fingerprint density at radius 2 is 0.570 bits per heavy atom. The van der Waals surface area contributed by atoms with E-state index in [-0.39, 0.29) is 0 Å². The normalized spacial score (nSPS) is 11.9. The summed E-state index contributed by atoms with van der Waals surface area (Å²) in [5.41, 5.74) is 10.4. The molecule has 0 radical (unpaired) electrons. The van der Waals surface area contributed by atoms with Crippen LogP contribution in [0, 0.1) is 0 Å². The highest BCUT2D eigenvalue weighted by atomic mass is 32.1.